The second-order valence-corrected chi connectivity index (χ2v) is 11.1. The van der Waals surface area contributed by atoms with Gasteiger partial charge in [0, 0.05) is 12.3 Å². The number of rotatable bonds is 7. The summed E-state index contributed by atoms with van der Waals surface area (Å²) in [5, 5.41) is 29.8. The predicted octanol–water partition coefficient (Wildman–Crippen LogP) is 5.05. The highest BCUT2D eigenvalue weighted by atomic mass is 16.3. The van der Waals surface area contributed by atoms with E-state index < -0.39 is 11.7 Å². The lowest BCUT2D eigenvalue weighted by molar-refractivity contribution is -0.134. The molecule has 0 unspecified atom stereocenters. The molecule has 3 N–H and O–H groups in total. The molecule has 0 amide bonds. The van der Waals surface area contributed by atoms with Crippen LogP contribution in [-0.2, 0) is 4.79 Å². The summed E-state index contributed by atoms with van der Waals surface area (Å²) in [7, 11) is 0. The Labute approximate surface area is 193 Å². The largest absolute Gasteiger partial charge is 0.396 e. The Hall–Kier alpha value is -1.49. The van der Waals surface area contributed by atoms with Gasteiger partial charge in [0.2, 0.25) is 0 Å². The molecule has 178 valence electrons. The maximum absolute atomic E-state index is 12.2. The molecule has 3 rings (SSSR count). The molecule has 0 aromatic heterocycles. The predicted molar refractivity (Wildman–Crippen MR) is 129 cm³/mol. The van der Waals surface area contributed by atoms with Crippen molar-refractivity contribution in [1.82, 2.24) is 0 Å². The Bertz CT molecular complexity index is 825. The molecule has 0 heterocycles. The summed E-state index contributed by atoms with van der Waals surface area (Å²) in [5.41, 5.74) is 3.83. The molecular weight excluding hydrogens is 400 g/mol. The number of hydrogen-bond donors (Lipinski definition) is 3. The Morgan fingerprint density at radius 2 is 2.09 bits per heavy atom. The molecule has 4 heteroatoms. The van der Waals surface area contributed by atoms with Gasteiger partial charge in [-0.2, -0.15) is 0 Å². The van der Waals surface area contributed by atoms with Crippen LogP contribution in [0.1, 0.15) is 79.1 Å². The summed E-state index contributed by atoms with van der Waals surface area (Å²) in [6.45, 7) is 12.0. The minimum Gasteiger partial charge on any atom is -0.396 e. The average Bonchev–Trinajstić information content (AvgIpc) is 3.08. The van der Waals surface area contributed by atoms with E-state index in [0.717, 1.165) is 36.8 Å². The quantitative estimate of drug-likeness (QED) is 0.482. The Morgan fingerprint density at radius 3 is 2.75 bits per heavy atom. The summed E-state index contributed by atoms with van der Waals surface area (Å²) in [4.78, 5) is 12.2. The van der Waals surface area contributed by atoms with Gasteiger partial charge in [-0.15, -0.1) is 0 Å². The number of carbonyl (C=O) groups excluding carboxylic acids is 1. The second-order valence-electron chi connectivity index (χ2n) is 11.1. The first-order valence-electron chi connectivity index (χ1n) is 12.3. The summed E-state index contributed by atoms with van der Waals surface area (Å²) in [5.74, 6) is 0.669. The van der Waals surface area contributed by atoms with Crippen molar-refractivity contribution in [3.63, 3.8) is 0 Å². The van der Waals surface area contributed by atoms with Gasteiger partial charge >= 0.3 is 0 Å². The zero-order chi connectivity index (χ0) is 23.7. The van der Waals surface area contributed by atoms with Crippen LogP contribution in [0.4, 0.5) is 0 Å². The van der Waals surface area contributed by atoms with E-state index in [1.165, 1.54) is 17.6 Å². The van der Waals surface area contributed by atoms with E-state index in [1.54, 1.807) is 13.8 Å². The number of Topliss-reactive ketones (excluding diaryl/α,β-unsaturated/α-hetero) is 1. The Kier molecular flexibility index (Phi) is 7.69. The van der Waals surface area contributed by atoms with Crippen molar-refractivity contribution in [2.75, 3.05) is 6.61 Å². The fraction of sp³-hybridized carbons (Fsp3) is 0.679. The monoisotopic (exact) mass is 442 g/mol. The molecule has 32 heavy (non-hydrogen) atoms. The zero-order valence-electron chi connectivity index (χ0n) is 20.4. The van der Waals surface area contributed by atoms with Crippen LogP contribution < -0.4 is 0 Å². The Balaban J connectivity index is 1.73. The maximum Gasteiger partial charge on any atom is 0.163 e. The highest BCUT2D eigenvalue weighted by Gasteiger charge is 2.46. The molecule has 3 aliphatic carbocycles. The van der Waals surface area contributed by atoms with Crippen LogP contribution in [-0.4, -0.2) is 39.4 Å². The molecular formula is C28H42O4. The van der Waals surface area contributed by atoms with Gasteiger partial charge in [0.1, 0.15) is 5.60 Å². The van der Waals surface area contributed by atoms with E-state index in [2.05, 4.69) is 38.7 Å². The zero-order valence-corrected chi connectivity index (χ0v) is 20.4. The minimum absolute atomic E-state index is 0.0334. The fourth-order valence-electron chi connectivity index (χ4n) is 6.19. The molecule has 0 radical (unpaired) electrons. The van der Waals surface area contributed by atoms with Crippen LogP contribution >= 0.6 is 0 Å². The van der Waals surface area contributed by atoms with Crippen molar-refractivity contribution < 1.29 is 20.1 Å². The molecule has 4 nitrogen and oxygen atoms in total. The third kappa shape index (κ3) is 5.18. The van der Waals surface area contributed by atoms with E-state index in [-0.39, 0.29) is 23.7 Å². The number of aliphatic hydroxyl groups is 3. The van der Waals surface area contributed by atoms with Crippen LogP contribution in [0.15, 0.2) is 47.1 Å². The highest BCUT2D eigenvalue weighted by Crippen LogP contribution is 2.57. The fourth-order valence-corrected chi connectivity index (χ4v) is 6.19. The van der Waals surface area contributed by atoms with E-state index in [1.807, 2.05) is 0 Å². The molecule has 0 aliphatic heterocycles. The van der Waals surface area contributed by atoms with Gasteiger partial charge in [0.05, 0.1) is 12.7 Å². The van der Waals surface area contributed by atoms with Gasteiger partial charge in [-0.25, -0.2) is 0 Å². The molecule has 2 saturated carbocycles. The lowest BCUT2D eigenvalue weighted by atomic mass is 9.62. The molecule has 0 aromatic rings. The van der Waals surface area contributed by atoms with Crippen LogP contribution in [0.5, 0.6) is 0 Å². The molecule has 0 bridgehead atoms. The van der Waals surface area contributed by atoms with E-state index >= 15 is 0 Å². The maximum atomic E-state index is 12.2. The van der Waals surface area contributed by atoms with Crippen molar-refractivity contribution in [3.8, 4) is 0 Å². The lowest BCUT2D eigenvalue weighted by Crippen LogP contribution is -2.34. The second kappa shape index (κ2) is 9.79. The van der Waals surface area contributed by atoms with Gasteiger partial charge in [0.15, 0.2) is 5.78 Å². The number of fused-ring (bicyclic) bond motifs is 1. The van der Waals surface area contributed by atoms with Gasteiger partial charge in [-0.1, -0.05) is 49.8 Å². The van der Waals surface area contributed by atoms with Crippen molar-refractivity contribution in [2.24, 2.45) is 23.2 Å². The first-order valence-corrected chi connectivity index (χ1v) is 12.3. The topological polar surface area (TPSA) is 77.8 Å². The number of allylic oxidation sites excluding steroid dienone is 5. The SMILES string of the molecule is C=C1/C(=C\C=C2/CCC[C@]3(C)C([C@H](C)CCC(=O)C(C)(C)O)=CC[C@@H]23)C[C@H](O)C[C@H]1CO. The summed E-state index contributed by atoms with van der Waals surface area (Å²) >= 11 is 0. The van der Waals surface area contributed by atoms with Crippen molar-refractivity contribution in [2.45, 2.75) is 90.8 Å². The molecule has 0 saturated heterocycles. The number of ketones is 1. The molecule has 0 spiro atoms. The minimum atomic E-state index is -1.25. The summed E-state index contributed by atoms with van der Waals surface area (Å²) in [6, 6.07) is 0. The van der Waals surface area contributed by atoms with E-state index in [9.17, 15) is 20.1 Å². The average molecular weight is 443 g/mol. The van der Waals surface area contributed by atoms with Gasteiger partial charge in [-0.05, 0) is 87.2 Å². The van der Waals surface area contributed by atoms with E-state index in [4.69, 9.17) is 0 Å². The first-order chi connectivity index (χ1) is 15.0. The highest BCUT2D eigenvalue weighted by molar-refractivity contribution is 5.86. The normalized spacial score (nSPS) is 34.5. The van der Waals surface area contributed by atoms with Crippen LogP contribution in [0.25, 0.3) is 0 Å². The first kappa shape index (κ1) is 25.1. The van der Waals surface area contributed by atoms with Crippen molar-refractivity contribution in [3.05, 3.63) is 47.1 Å². The number of aliphatic hydroxyl groups excluding tert-OH is 2. The summed E-state index contributed by atoms with van der Waals surface area (Å²) in [6.07, 6.45) is 13.2. The number of carbonyl (C=O) groups is 1. The van der Waals surface area contributed by atoms with Crippen molar-refractivity contribution >= 4 is 5.78 Å². The molecule has 5 atom stereocenters. The lowest BCUT2D eigenvalue weighted by Gasteiger charge is -2.42. The molecule has 0 aromatic carbocycles. The third-order valence-corrected chi connectivity index (χ3v) is 8.27. The number of hydrogen-bond acceptors (Lipinski definition) is 4. The van der Waals surface area contributed by atoms with Crippen LogP contribution in [0.2, 0.25) is 0 Å². The molecule has 2 fully saturated rings. The third-order valence-electron chi connectivity index (χ3n) is 8.27. The van der Waals surface area contributed by atoms with Crippen molar-refractivity contribution in [1.29, 1.82) is 0 Å². The smallest absolute Gasteiger partial charge is 0.163 e. The van der Waals surface area contributed by atoms with E-state index in [0.29, 0.717) is 31.1 Å². The van der Waals surface area contributed by atoms with Gasteiger partial charge in [0.25, 0.3) is 0 Å². The van der Waals surface area contributed by atoms with Gasteiger partial charge in [-0.3, -0.25) is 4.79 Å². The Morgan fingerprint density at radius 1 is 1.38 bits per heavy atom. The van der Waals surface area contributed by atoms with Crippen LogP contribution in [0, 0.1) is 23.2 Å². The van der Waals surface area contributed by atoms with Crippen LogP contribution in [0.3, 0.4) is 0 Å². The standard InChI is InChI=1S/C28H42O4/c1-18(8-13-26(31)27(3,4)32)24-11-12-25-20(7-6-14-28(24,25)5)9-10-21-15-23(30)16-22(17-29)19(21)2/h9-11,18,22-23,25,29-30,32H,2,6-8,12-17H2,1,3-5H3/b20-9+,21-10-/t18-,22+,23+,25+,28-/m1/s1. The summed E-state index contributed by atoms with van der Waals surface area (Å²) < 4.78 is 0. The van der Waals surface area contributed by atoms with Gasteiger partial charge < -0.3 is 15.3 Å². The molecule has 3 aliphatic rings.